The zero-order valence-electron chi connectivity index (χ0n) is 11.1. The third-order valence-corrected chi connectivity index (χ3v) is 3.39. The van der Waals surface area contributed by atoms with Crippen LogP contribution in [0, 0.1) is 19.7 Å². The van der Waals surface area contributed by atoms with E-state index in [0.717, 1.165) is 11.3 Å². The molecular formula is C15H14ClFN2S. The maximum absolute atomic E-state index is 13.4. The van der Waals surface area contributed by atoms with E-state index in [9.17, 15) is 4.39 Å². The zero-order valence-corrected chi connectivity index (χ0v) is 12.7. The van der Waals surface area contributed by atoms with Crippen LogP contribution in [0.1, 0.15) is 11.1 Å². The van der Waals surface area contributed by atoms with Crippen molar-refractivity contribution in [3.63, 3.8) is 0 Å². The summed E-state index contributed by atoms with van der Waals surface area (Å²) in [6.07, 6.45) is 0. The van der Waals surface area contributed by atoms with Crippen molar-refractivity contribution in [2.45, 2.75) is 13.8 Å². The second-order valence-electron chi connectivity index (χ2n) is 4.45. The highest BCUT2D eigenvalue weighted by molar-refractivity contribution is 7.80. The van der Waals surface area contributed by atoms with Crippen molar-refractivity contribution in [3.05, 3.63) is 58.4 Å². The lowest BCUT2D eigenvalue weighted by atomic mass is 10.2. The summed E-state index contributed by atoms with van der Waals surface area (Å²) in [4.78, 5) is 0. The van der Waals surface area contributed by atoms with Crippen molar-refractivity contribution in [2.75, 3.05) is 10.6 Å². The minimum Gasteiger partial charge on any atom is -0.332 e. The van der Waals surface area contributed by atoms with E-state index in [1.54, 1.807) is 25.1 Å². The van der Waals surface area contributed by atoms with E-state index in [0.29, 0.717) is 21.4 Å². The molecule has 2 rings (SSSR count). The van der Waals surface area contributed by atoms with Crippen LogP contribution in [0.2, 0.25) is 5.02 Å². The number of hydrogen-bond acceptors (Lipinski definition) is 1. The predicted molar refractivity (Wildman–Crippen MR) is 87.2 cm³/mol. The Morgan fingerprint density at radius 2 is 1.80 bits per heavy atom. The van der Waals surface area contributed by atoms with Crippen LogP contribution in [0.5, 0.6) is 0 Å². The van der Waals surface area contributed by atoms with Gasteiger partial charge in [-0.1, -0.05) is 17.7 Å². The molecule has 0 saturated heterocycles. The van der Waals surface area contributed by atoms with Gasteiger partial charge >= 0.3 is 0 Å². The second kappa shape index (κ2) is 6.20. The molecule has 0 radical (unpaired) electrons. The number of rotatable bonds is 2. The molecule has 5 heteroatoms. The van der Waals surface area contributed by atoms with Gasteiger partial charge in [-0.2, -0.15) is 0 Å². The van der Waals surface area contributed by atoms with Crippen LogP contribution in [0.15, 0.2) is 36.4 Å². The van der Waals surface area contributed by atoms with Gasteiger partial charge in [-0.15, -0.1) is 0 Å². The van der Waals surface area contributed by atoms with Crippen molar-refractivity contribution < 1.29 is 4.39 Å². The van der Waals surface area contributed by atoms with Crippen LogP contribution in [0.3, 0.4) is 0 Å². The van der Waals surface area contributed by atoms with Crippen molar-refractivity contribution in [2.24, 2.45) is 0 Å². The first-order valence-corrected chi connectivity index (χ1v) is 6.85. The summed E-state index contributed by atoms with van der Waals surface area (Å²) in [6.45, 7) is 3.64. The van der Waals surface area contributed by atoms with Crippen LogP contribution in [0.25, 0.3) is 0 Å². The molecular weight excluding hydrogens is 295 g/mol. The maximum atomic E-state index is 13.4. The van der Waals surface area contributed by atoms with Crippen LogP contribution < -0.4 is 10.6 Å². The topological polar surface area (TPSA) is 24.1 Å². The highest BCUT2D eigenvalue weighted by Gasteiger charge is 2.06. The van der Waals surface area contributed by atoms with Gasteiger partial charge in [0.1, 0.15) is 5.82 Å². The predicted octanol–water partition coefficient (Wildman–Crippen LogP) is 4.90. The van der Waals surface area contributed by atoms with Crippen LogP contribution in [-0.2, 0) is 0 Å². The second-order valence-corrected chi connectivity index (χ2v) is 5.30. The van der Waals surface area contributed by atoms with E-state index in [-0.39, 0.29) is 5.82 Å². The van der Waals surface area contributed by atoms with Gasteiger partial charge in [-0.05, 0) is 62.0 Å². The van der Waals surface area contributed by atoms with E-state index >= 15 is 0 Å². The van der Waals surface area contributed by atoms with E-state index in [1.807, 2.05) is 19.1 Å². The molecule has 2 aromatic carbocycles. The molecule has 0 aliphatic rings. The molecule has 20 heavy (non-hydrogen) atoms. The quantitative estimate of drug-likeness (QED) is 0.771. The van der Waals surface area contributed by atoms with Crippen molar-refractivity contribution in [1.82, 2.24) is 0 Å². The highest BCUT2D eigenvalue weighted by Crippen LogP contribution is 2.21. The molecule has 0 atom stereocenters. The fourth-order valence-electron chi connectivity index (χ4n) is 1.79. The van der Waals surface area contributed by atoms with E-state index in [2.05, 4.69) is 10.6 Å². The van der Waals surface area contributed by atoms with Crippen molar-refractivity contribution in [1.29, 1.82) is 0 Å². The molecule has 0 bridgehead atoms. The molecule has 0 aliphatic carbocycles. The average Bonchev–Trinajstić information content (AvgIpc) is 2.38. The lowest BCUT2D eigenvalue weighted by Gasteiger charge is -2.14. The Balaban J connectivity index is 2.11. The normalized spacial score (nSPS) is 10.2. The Labute approximate surface area is 128 Å². The van der Waals surface area contributed by atoms with Gasteiger partial charge in [-0.25, -0.2) is 4.39 Å². The molecule has 0 aromatic heterocycles. The molecule has 104 valence electrons. The number of anilines is 2. The van der Waals surface area contributed by atoms with E-state index in [4.69, 9.17) is 23.8 Å². The summed E-state index contributed by atoms with van der Waals surface area (Å²) in [6, 6.07) is 10.3. The summed E-state index contributed by atoms with van der Waals surface area (Å²) in [5.41, 5.74) is 3.03. The molecule has 2 nitrogen and oxygen atoms in total. The maximum Gasteiger partial charge on any atom is 0.175 e. The van der Waals surface area contributed by atoms with E-state index < -0.39 is 0 Å². The monoisotopic (exact) mass is 308 g/mol. The average molecular weight is 309 g/mol. The Hall–Kier alpha value is -1.65. The Bertz CT molecular complexity index is 658. The van der Waals surface area contributed by atoms with Crippen molar-refractivity contribution >= 4 is 40.3 Å². The van der Waals surface area contributed by atoms with E-state index in [1.165, 1.54) is 6.07 Å². The Morgan fingerprint density at radius 1 is 1.10 bits per heavy atom. The first-order chi connectivity index (χ1) is 9.47. The molecule has 2 N–H and O–H groups in total. The highest BCUT2D eigenvalue weighted by atomic mass is 35.5. The van der Waals surface area contributed by atoms with Gasteiger partial charge < -0.3 is 10.6 Å². The number of halogens is 2. The standard InChI is InChI=1S/C15H14ClFN2S/c1-9-8-11(16)6-7-13(9)18-15(20)19-14-5-3-4-12(17)10(14)2/h3-8H,1-2H3,(H2,18,19,20). The third-order valence-electron chi connectivity index (χ3n) is 2.95. The fraction of sp³-hybridized carbons (Fsp3) is 0.133. The summed E-state index contributed by atoms with van der Waals surface area (Å²) in [7, 11) is 0. The largest absolute Gasteiger partial charge is 0.332 e. The first kappa shape index (κ1) is 14.8. The summed E-state index contributed by atoms with van der Waals surface area (Å²) in [5, 5.41) is 7.14. The third kappa shape index (κ3) is 3.46. The molecule has 0 unspecified atom stereocenters. The summed E-state index contributed by atoms with van der Waals surface area (Å²) < 4.78 is 13.4. The molecule has 0 amide bonds. The van der Waals surface area contributed by atoms with Crippen LogP contribution in [-0.4, -0.2) is 5.11 Å². The van der Waals surface area contributed by atoms with Gasteiger partial charge in [0.2, 0.25) is 0 Å². The van der Waals surface area contributed by atoms with Gasteiger partial charge in [0.05, 0.1) is 0 Å². The smallest absolute Gasteiger partial charge is 0.175 e. The number of aryl methyl sites for hydroxylation is 1. The Kier molecular flexibility index (Phi) is 4.57. The zero-order chi connectivity index (χ0) is 14.7. The number of hydrogen-bond donors (Lipinski definition) is 2. The SMILES string of the molecule is Cc1cc(Cl)ccc1NC(=S)Nc1cccc(F)c1C. The Morgan fingerprint density at radius 3 is 2.50 bits per heavy atom. The fourth-order valence-corrected chi connectivity index (χ4v) is 2.23. The van der Waals surface area contributed by atoms with Gasteiger partial charge in [0, 0.05) is 22.0 Å². The van der Waals surface area contributed by atoms with Gasteiger partial charge in [-0.3, -0.25) is 0 Å². The van der Waals surface area contributed by atoms with Gasteiger partial charge in [0.25, 0.3) is 0 Å². The summed E-state index contributed by atoms with van der Waals surface area (Å²) in [5.74, 6) is -0.263. The lowest BCUT2D eigenvalue weighted by Crippen LogP contribution is -2.20. The number of thiocarbonyl (C=S) groups is 1. The van der Waals surface area contributed by atoms with Crippen LogP contribution in [0.4, 0.5) is 15.8 Å². The molecule has 2 aromatic rings. The van der Waals surface area contributed by atoms with Crippen LogP contribution >= 0.6 is 23.8 Å². The number of nitrogens with one attached hydrogen (secondary N) is 2. The molecule has 0 spiro atoms. The summed E-state index contributed by atoms with van der Waals surface area (Å²) >= 11 is 11.1. The molecule has 0 heterocycles. The molecule has 0 fully saturated rings. The van der Waals surface area contributed by atoms with Gasteiger partial charge in [0.15, 0.2) is 5.11 Å². The molecule has 0 saturated carbocycles. The van der Waals surface area contributed by atoms with Crippen molar-refractivity contribution in [3.8, 4) is 0 Å². The minimum absolute atomic E-state index is 0.263. The minimum atomic E-state index is -0.263. The first-order valence-electron chi connectivity index (χ1n) is 6.06. The number of benzene rings is 2. The lowest BCUT2D eigenvalue weighted by molar-refractivity contribution is 0.619. The molecule has 0 aliphatic heterocycles.